The minimum Gasteiger partial charge on any atom is -0.430 e. The predicted octanol–water partition coefficient (Wildman–Crippen LogP) is 6.31. The van der Waals surface area contributed by atoms with Gasteiger partial charge in [0.05, 0.1) is 10.4 Å². The van der Waals surface area contributed by atoms with Gasteiger partial charge in [-0.3, -0.25) is 0 Å². The van der Waals surface area contributed by atoms with Crippen molar-refractivity contribution >= 4 is 50.5 Å². The maximum absolute atomic E-state index is 6.26. The van der Waals surface area contributed by atoms with Gasteiger partial charge in [0.2, 0.25) is 0 Å². The van der Waals surface area contributed by atoms with Gasteiger partial charge >= 0.3 is 0 Å². The van der Waals surface area contributed by atoms with Crippen LogP contribution >= 0.6 is 34.5 Å². The van der Waals surface area contributed by atoms with Gasteiger partial charge in [-0.1, -0.05) is 54.1 Å². The zero-order chi connectivity index (χ0) is 21.0. The largest absolute Gasteiger partial charge is 0.430 e. The highest BCUT2D eigenvalue weighted by Gasteiger charge is 2.10. The van der Waals surface area contributed by atoms with Crippen LogP contribution in [-0.2, 0) is 6.42 Å². The molecule has 0 fully saturated rings. The van der Waals surface area contributed by atoms with Crippen LogP contribution < -0.4 is 10.1 Å². The Hall–Kier alpha value is -3.07. The summed E-state index contributed by atoms with van der Waals surface area (Å²) in [4.78, 5) is 13.9. The molecule has 0 aliphatic heterocycles. The van der Waals surface area contributed by atoms with E-state index in [9.17, 15) is 0 Å². The average Bonchev–Trinajstić information content (AvgIpc) is 3.43. The lowest BCUT2D eigenvalue weighted by atomic mass is 10.1. The highest BCUT2D eigenvalue weighted by Crippen LogP contribution is 2.32. The van der Waals surface area contributed by atoms with E-state index in [2.05, 4.69) is 24.6 Å². The zero-order valence-electron chi connectivity index (χ0n) is 16.2. The Morgan fingerprint density at radius 1 is 1.00 bits per heavy atom. The summed E-state index contributed by atoms with van der Waals surface area (Å²) < 4.78 is 10.2. The molecular weight excluding hydrogens is 450 g/mol. The number of nitrogens with zero attached hydrogens (tertiary/aromatic N) is 4. The minimum absolute atomic E-state index is 0.522. The summed E-state index contributed by atoms with van der Waals surface area (Å²) >= 11 is 9.02. The van der Waals surface area contributed by atoms with Crippen molar-refractivity contribution in [2.45, 2.75) is 6.42 Å². The molecule has 0 bridgehead atoms. The van der Waals surface area contributed by atoms with Crippen molar-refractivity contribution in [1.82, 2.24) is 19.3 Å². The summed E-state index contributed by atoms with van der Waals surface area (Å²) in [6.07, 6.45) is 2.39. The van der Waals surface area contributed by atoms with Crippen LogP contribution in [0.1, 0.15) is 5.56 Å². The van der Waals surface area contributed by atoms with Crippen molar-refractivity contribution in [3.8, 4) is 22.3 Å². The molecule has 0 saturated carbocycles. The van der Waals surface area contributed by atoms with E-state index in [0.29, 0.717) is 16.0 Å². The van der Waals surface area contributed by atoms with Crippen molar-refractivity contribution in [3.63, 3.8) is 0 Å². The molecule has 6 nitrogen and oxygen atoms in total. The molecule has 0 spiro atoms. The summed E-state index contributed by atoms with van der Waals surface area (Å²) in [5, 5.41) is 7.32. The number of nitrogens with one attached hydrogen (secondary N) is 1. The Labute approximate surface area is 191 Å². The van der Waals surface area contributed by atoms with Crippen LogP contribution in [0.5, 0.6) is 10.9 Å². The van der Waals surface area contributed by atoms with Crippen LogP contribution in [0.25, 0.3) is 21.6 Å². The topological polar surface area (TPSA) is 72.8 Å². The van der Waals surface area contributed by atoms with Gasteiger partial charge in [0.1, 0.15) is 22.7 Å². The lowest BCUT2D eigenvalue weighted by molar-refractivity contribution is 0.479. The number of ether oxygens (including phenoxy) is 1. The van der Waals surface area contributed by atoms with Crippen molar-refractivity contribution in [3.05, 3.63) is 76.9 Å². The van der Waals surface area contributed by atoms with Gasteiger partial charge in [0, 0.05) is 29.0 Å². The normalized spacial score (nSPS) is 11.0. The molecule has 2 aromatic carbocycles. The molecule has 5 rings (SSSR count). The lowest BCUT2D eigenvalue weighted by Gasteiger charge is -2.08. The number of hydrogen-bond acceptors (Lipinski definition) is 8. The first-order chi connectivity index (χ1) is 15.3. The number of hydrogen-bond donors (Lipinski definition) is 1. The fourth-order valence-corrected chi connectivity index (χ4v) is 4.79. The van der Waals surface area contributed by atoms with Crippen molar-refractivity contribution in [2.75, 3.05) is 11.9 Å². The molecule has 1 N–H and O–H groups in total. The number of rotatable bonds is 7. The molecule has 0 unspecified atom stereocenters. The first-order valence-corrected chi connectivity index (χ1v) is 11.6. The van der Waals surface area contributed by atoms with Gasteiger partial charge in [-0.05, 0) is 24.1 Å². The summed E-state index contributed by atoms with van der Waals surface area (Å²) in [5.74, 6) is 2.17. The molecule has 154 valence electrons. The van der Waals surface area contributed by atoms with Gasteiger partial charge in [0.25, 0.3) is 5.19 Å². The fraction of sp³-hybridized carbons (Fsp3) is 0.0909. The first-order valence-electron chi connectivity index (χ1n) is 9.54. The monoisotopic (exact) mass is 465 g/mol. The Bertz CT molecular complexity index is 1300. The second-order valence-corrected chi connectivity index (χ2v) is 8.64. The highest BCUT2D eigenvalue weighted by molar-refractivity contribution is 7.17. The van der Waals surface area contributed by atoms with E-state index in [1.165, 1.54) is 28.4 Å². The van der Waals surface area contributed by atoms with E-state index in [4.69, 9.17) is 16.3 Å². The van der Waals surface area contributed by atoms with E-state index in [1.807, 2.05) is 60.0 Å². The van der Waals surface area contributed by atoms with Crippen LogP contribution in [0, 0.1) is 0 Å². The van der Waals surface area contributed by atoms with Crippen LogP contribution in [0.3, 0.4) is 0 Å². The Balaban J connectivity index is 1.19. The van der Waals surface area contributed by atoms with Crippen LogP contribution in [0.15, 0.2) is 66.3 Å². The van der Waals surface area contributed by atoms with E-state index in [1.54, 1.807) is 6.33 Å². The smallest absolute Gasteiger partial charge is 0.299 e. The summed E-state index contributed by atoms with van der Waals surface area (Å²) in [5.41, 5.74) is 2.16. The van der Waals surface area contributed by atoms with E-state index in [0.717, 1.165) is 40.3 Å². The summed E-state index contributed by atoms with van der Waals surface area (Å²) in [7, 11) is 0. The highest BCUT2D eigenvalue weighted by atomic mass is 35.5. The maximum Gasteiger partial charge on any atom is 0.299 e. The van der Waals surface area contributed by atoms with E-state index in [-0.39, 0.29) is 0 Å². The minimum atomic E-state index is 0.522. The second-order valence-electron chi connectivity index (χ2n) is 6.66. The quantitative estimate of drug-likeness (QED) is 0.303. The number of halogens is 1. The SMILES string of the molecule is Clc1csc2ncnc(NCCc3ccc(Oc4nc(-c5ccccc5)ns4)cc3)c12. The van der Waals surface area contributed by atoms with Gasteiger partial charge < -0.3 is 10.1 Å². The van der Waals surface area contributed by atoms with Gasteiger partial charge in [-0.25, -0.2) is 9.97 Å². The standard InChI is InChI=1S/C22H16ClN5OS2/c23-17-12-30-21-18(17)20(25-13-26-21)24-11-10-14-6-8-16(9-7-14)29-22-27-19(28-31-22)15-4-2-1-3-5-15/h1-9,12-13H,10-11H2,(H,24,25,26). The van der Waals surface area contributed by atoms with E-state index < -0.39 is 0 Å². The number of anilines is 1. The van der Waals surface area contributed by atoms with Crippen LogP contribution in [0.4, 0.5) is 5.82 Å². The molecule has 0 amide bonds. The molecule has 3 heterocycles. The molecular formula is C22H16ClN5OS2. The third-order valence-corrected chi connectivity index (χ3v) is 6.51. The number of fused-ring (bicyclic) bond motifs is 1. The van der Waals surface area contributed by atoms with Crippen molar-refractivity contribution in [2.24, 2.45) is 0 Å². The predicted molar refractivity (Wildman–Crippen MR) is 126 cm³/mol. The number of thiophene rings is 1. The van der Waals surface area contributed by atoms with Crippen LogP contribution in [0.2, 0.25) is 5.02 Å². The maximum atomic E-state index is 6.26. The van der Waals surface area contributed by atoms with E-state index >= 15 is 0 Å². The number of benzene rings is 2. The van der Waals surface area contributed by atoms with Crippen molar-refractivity contribution < 1.29 is 4.74 Å². The molecule has 9 heteroatoms. The van der Waals surface area contributed by atoms with Crippen LogP contribution in [-0.4, -0.2) is 25.9 Å². The molecule has 5 aromatic rings. The molecule has 0 saturated heterocycles. The van der Waals surface area contributed by atoms with Gasteiger partial charge in [-0.2, -0.15) is 9.36 Å². The molecule has 0 aliphatic rings. The lowest BCUT2D eigenvalue weighted by Crippen LogP contribution is -2.06. The molecule has 3 aromatic heterocycles. The third-order valence-electron chi connectivity index (χ3n) is 4.60. The molecule has 0 aliphatic carbocycles. The third kappa shape index (κ3) is 4.51. The van der Waals surface area contributed by atoms with Gasteiger partial charge in [-0.15, -0.1) is 11.3 Å². The Morgan fingerprint density at radius 2 is 1.84 bits per heavy atom. The molecule has 0 atom stereocenters. The molecule has 0 radical (unpaired) electrons. The average molecular weight is 466 g/mol. The Kier molecular flexibility index (Phi) is 5.75. The van der Waals surface area contributed by atoms with Gasteiger partial charge in [0.15, 0.2) is 5.82 Å². The molecule has 31 heavy (non-hydrogen) atoms. The second kappa shape index (κ2) is 8.97. The summed E-state index contributed by atoms with van der Waals surface area (Å²) in [6, 6.07) is 17.8. The Morgan fingerprint density at radius 3 is 2.68 bits per heavy atom. The zero-order valence-corrected chi connectivity index (χ0v) is 18.5. The first kappa shape index (κ1) is 19.9. The summed E-state index contributed by atoms with van der Waals surface area (Å²) in [6.45, 7) is 0.731. The number of aromatic nitrogens is 4. The van der Waals surface area contributed by atoms with Crippen molar-refractivity contribution in [1.29, 1.82) is 0 Å². The fourth-order valence-electron chi connectivity index (χ4n) is 3.08.